The molecular formula is C25H23N5OS. The van der Waals surface area contributed by atoms with Crippen LogP contribution in [0.1, 0.15) is 23.1 Å². The van der Waals surface area contributed by atoms with Gasteiger partial charge < -0.3 is 0 Å². The van der Waals surface area contributed by atoms with Crippen molar-refractivity contribution < 1.29 is 4.79 Å². The zero-order valence-electron chi connectivity index (χ0n) is 17.7. The molecule has 0 bridgehead atoms. The van der Waals surface area contributed by atoms with E-state index in [0.717, 1.165) is 22.3 Å². The van der Waals surface area contributed by atoms with E-state index in [1.807, 2.05) is 96.4 Å². The van der Waals surface area contributed by atoms with Gasteiger partial charge in [0, 0.05) is 29.7 Å². The summed E-state index contributed by atoms with van der Waals surface area (Å²) >= 11 is 5.38. The molecule has 0 spiro atoms. The van der Waals surface area contributed by atoms with Crippen LogP contribution in [-0.2, 0) is 11.3 Å². The van der Waals surface area contributed by atoms with Gasteiger partial charge in [-0.3, -0.25) is 14.5 Å². The minimum absolute atomic E-state index is 0.201. The Balaban J connectivity index is 1.50. The molecule has 3 aromatic carbocycles. The number of carbonyl (C=O) groups excluding carboxylic acids is 1. The van der Waals surface area contributed by atoms with Crippen LogP contribution in [0.3, 0.4) is 0 Å². The lowest BCUT2D eigenvalue weighted by molar-refractivity contribution is -0.121. The molecule has 0 atom stereocenters. The zero-order valence-corrected chi connectivity index (χ0v) is 18.5. The summed E-state index contributed by atoms with van der Waals surface area (Å²) in [4.78, 5) is 12.6. The highest BCUT2D eigenvalue weighted by Crippen LogP contribution is 2.19. The number of hydrazone groups is 1. The Morgan fingerprint density at radius 1 is 1.00 bits per heavy atom. The fourth-order valence-electron chi connectivity index (χ4n) is 3.40. The van der Waals surface area contributed by atoms with E-state index >= 15 is 0 Å². The fourth-order valence-corrected chi connectivity index (χ4v) is 3.63. The smallest absolute Gasteiger partial charge is 0.241 e. The molecule has 7 heteroatoms. The molecule has 1 amide bonds. The summed E-state index contributed by atoms with van der Waals surface area (Å²) in [5, 5.41) is 11.6. The predicted molar refractivity (Wildman–Crippen MR) is 129 cm³/mol. The summed E-state index contributed by atoms with van der Waals surface area (Å²) in [5.74, 6) is 0.511. The Labute approximate surface area is 191 Å². The van der Waals surface area contributed by atoms with Crippen molar-refractivity contribution in [3.63, 3.8) is 0 Å². The minimum Gasteiger partial charge on any atom is -0.300 e. The molecule has 0 radical (unpaired) electrons. The van der Waals surface area contributed by atoms with Crippen molar-refractivity contribution in [1.29, 1.82) is 0 Å². The van der Waals surface area contributed by atoms with Crippen LogP contribution < -0.4 is 5.43 Å². The first-order chi connectivity index (χ1) is 15.6. The molecule has 0 aliphatic rings. The molecule has 0 unspecified atom stereocenters. The Bertz CT molecular complexity index is 1250. The maximum atomic E-state index is 12.6. The number of carbonyl (C=O) groups is 1. The van der Waals surface area contributed by atoms with Gasteiger partial charge in [0.2, 0.25) is 5.91 Å². The van der Waals surface area contributed by atoms with E-state index in [1.54, 1.807) is 0 Å². The molecule has 0 saturated heterocycles. The van der Waals surface area contributed by atoms with Gasteiger partial charge in [-0.15, -0.1) is 0 Å². The lowest BCUT2D eigenvalue weighted by atomic mass is 10.0. The van der Waals surface area contributed by atoms with Crippen molar-refractivity contribution in [3.05, 3.63) is 106 Å². The second kappa shape index (κ2) is 9.98. The van der Waals surface area contributed by atoms with E-state index in [9.17, 15) is 4.79 Å². The minimum atomic E-state index is -0.201. The number of aryl methyl sites for hydroxylation is 1. The number of rotatable bonds is 7. The molecule has 0 aliphatic heterocycles. The van der Waals surface area contributed by atoms with Gasteiger partial charge in [-0.25, -0.2) is 5.43 Å². The highest BCUT2D eigenvalue weighted by Gasteiger charge is 2.12. The van der Waals surface area contributed by atoms with Crippen LogP contribution in [0.2, 0.25) is 0 Å². The molecule has 1 aromatic heterocycles. The van der Waals surface area contributed by atoms with Gasteiger partial charge in [0.25, 0.3) is 0 Å². The summed E-state index contributed by atoms with van der Waals surface area (Å²) in [5.41, 5.74) is 7.35. The van der Waals surface area contributed by atoms with Gasteiger partial charge in [0.1, 0.15) is 0 Å². The summed E-state index contributed by atoms with van der Waals surface area (Å²) in [6.07, 6.45) is 0.215. The Kier molecular flexibility index (Phi) is 6.67. The number of nitrogens with zero attached hydrogens (tertiary/aromatic N) is 3. The first-order valence-corrected chi connectivity index (χ1v) is 10.7. The van der Waals surface area contributed by atoms with E-state index < -0.39 is 0 Å². The van der Waals surface area contributed by atoms with E-state index in [1.165, 1.54) is 0 Å². The van der Waals surface area contributed by atoms with Gasteiger partial charge in [0.05, 0.1) is 5.71 Å². The summed E-state index contributed by atoms with van der Waals surface area (Å²) in [7, 11) is 0. The number of hydrogen-bond acceptors (Lipinski definition) is 4. The van der Waals surface area contributed by atoms with Gasteiger partial charge >= 0.3 is 0 Å². The van der Waals surface area contributed by atoms with Crippen molar-refractivity contribution >= 4 is 23.8 Å². The van der Waals surface area contributed by atoms with Crippen LogP contribution in [0.25, 0.3) is 11.4 Å². The van der Waals surface area contributed by atoms with Crippen LogP contribution in [0.5, 0.6) is 0 Å². The number of H-pyrrole nitrogens is 1. The number of aromatic amines is 1. The number of aromatic nitrogens is 3. The highest BCUT2D eigenvalue weighted by molar-refractivity contribution is 7.71. The standard InChI is InChI=1S/C25H23N5OS/c1-18-9-8-14-21(17-18)24-28-29-25(32)30(24)16-15-22(31)26-27-23(19-10-4-2-5-11-19)20-12-6-3-7-13-20/h2-14,17H,15-16H2,1H3,(H,26,31)(H,29,32). The topological polar surface area (TPSA) is 75.1 Å². The molecule has 0 saturated carbocycles. The fraction of sp³-hybridized carbons (Fsp3) is 0.120. The number of benzene rings is 3. The molecule has 4 aromatic rings. The lowest BCUT2D eigenvalue weighted by Crippen LogP contribution is -2.22. The van der Waals surface area contributed by atoms with E-state index in [4.69, 9.17) is 12.2 Å². The average molecular weight is 442 g/mol. The van der Waals surface area contributed by atoms with Gasteiger partial charge in [-0.2, -0.15) is 10.2 Å². The predicted octanol–water partition coefficient (Wildman–Crippen LogP) is 4.88. The molecule has 2 N–H and O–H groups in total. The summed E-state index contributed by atoms with van der Waals surface area (Å²) in [6, 6.07) is 27.6. The third-order valence-electron chi connectivity index (χ3n) is 4.98. The van der Waals surface area contributed by atoms with Crippen LogP contribution in [-0.4, -0.2) is 26.4 Å². The van der Waals surface area contributed by atoms with Crippen molar-refractivity contribution in [2.75, 3.05) is 0 Å². The molecular weight excluding hydrogens is 418 g/mol. The molecule has 160 valence electrons. The van der Waals surface area contributed by atoms with Crippen molar-refractivity contribution in [2.45, 2.75) is 19.9 Å². The third kappa shape index (κ3) is 5.07. The summed E-state index contributed by atoms with van der Waals surface area (Å²) in [6.45, 7) is 2.42. The monoisotopic (exact) mass is 441 g/mol. The Morgan fingerprint density at radius 3 is 2.28 bits per heavy atom. The highest BCUT2D eigenvalue weighted by atomic mass is 32.1. The molecule has 6 nitrogen and oxygen atoms in total. The maximum Gasteiger partial charge on any atom is 0.241 e. The zero-order chi connectivity index (χ0) is 22.3. The molecule has 1 heterocycles. The first kappa shape index (κ1) is 21.4. The average Bonchev–Trinajstić information content (AvgIpc) is 3.19. The number of nitrogens with one attached hydrogen (secondary N) is 2. The van der Waals surface area contributed by atoms with E-state index in [-0.39, 0.29) is 12.3 Å². The van der Waals surface area contributed by atoms with Crippen LogP contribution in [0, 0.1) is 11.7 Å². The van der Waals surface area contributed by atoms with Crippen LogP contribution >= 0.6 is 12.2 Å². The second-order valence-electron chi connectivity index (χ2n) is 7.35. The lowest BCUT2D eigenvalue weighted by Gasteiger charge is -2.09. The van der Waals surface area contributed by atoms with Gasteiger partial charge in [-0.1, -0.05) is 84.4 Å². The van der Waals surface area contributed by atoms with Gasteiger partial charge in [-0.05, 0) is 25.2 Å². The Morgan fingerprint density at radius 2 is 1.66 bits per heavy atom. The largest absolute Gasteiger partial charge is 0.300 e. The normalized spacial score (nSPS) is 10.5. The van der Waals surface area contributed by atoms with Crippen molar-refractivity contribution in [1.82, 2.24) is 20.2 Å². The SMILES string of the molecule is Cc1cccc(-c2n[nH]c(=S)n2CCC(=O)NN=C(c2ccccc2)c2ccccc2)c1. The maximum absolute atomic E-state index is 12.6. The van der Waals surface area contributed by atoms with E-state index in [2.05, 4.69) is 20.7 Å². The molecule has 0 aliphatic carbocycles. The van der Waals surface area contributed by atoms with Crippen molar-refractivity contribution in [2.24, 2.45) is 5.10 Å². The second-order valence-corrected chi connectivity index (χ2v) is 7.74. The molecule has 32 heavy (non-hydrogen) atoms. The Hall–Kier alpha value is -3.84. The number of amides is 1. The van der Waals surface area contributed by atoms with Gasteiger partial charge in [0.15, 0.2) is 10.6 Å². The molecule has 0 fully saturated rings. The summed E-state index contributed by atoms with van der Waals surface area (Å²) < 4.78 is 2.31. The van der Waals surface area contributed by atoms with Crippen LogP contribution in [0.4, 0.5) is 0 Å². The first-order valence-electron chi connectivity index (χ1n) is 10.3. The van der Waals surface area contributed by atoms with Crippen molar-refractivity contribution in [3.8, 4) is 11.4 Å². The molecule has 4 rings (SSSR count). The quantitative estimate of drug-likeness (QED) is 0.244. The van der Waals surface area contributed by atoms with E-state index in [0.29, 0.717) is 22.9 Å². The van der Waals surface area contributed by atoms with Crippen LogP contribution in [0.15, 0.2) is 90.0 Å². The number of hydrogen-bond donors (Lipinski definition) is 2. The third-order valence-corrected chi connectivity index (χ3v) is 5.30.